The average Bonchev–Trinajstić information content (AvgIpc) is 3.09. The van der Waals surface area contributed by atoms with Gasteiger partial charge in [0.15, 0.2) is 16.8 Å². The number of aromatic nitrogens is 1. The first kappa shape index (κ1) is 20.1. The monoisotopic (exact) mass is 396 g/mol. The molecular weight excluding hydrogens is 370 g/mol. The molecule has 1 aliphatic heterocycles. The largest absolute Gasteiger partial charge is 0.396 e. The van der Waals surface area contributed by atoms with Crippen molar-refractivity contribution in [3.05, 3.63) is 46.5 Å². The highest BCUT2D eigenvalue weighted by Gasteiger charge is 2.27. The summed E-state index contributed by atoms with van der Waals surface area (Å²) in [6.45, 7) is 4.05. The van der Waals surface area contributed by atoms with Crippen LogP contribution in [0.4, 0.5) is 13.9 Å². The fraction of sp³-hybridized carbons (Fsp3) is 0.526. The molecule has 0 radical (unpaired) electrons. The minimum absolute atomic E-state index is 0.109. The van der Waals surface area contributed by atoms with Crippen molar-refractivity contribution in [2.75, 3.05) is 45.2 Å². The Morgan fingerprint density at radius 1 is 1.22 bits per heavy atom. The van der Waals surface area contributed by atoms with Crippen LogP contribution in [0.3, 0.4) is 0 Å². The van der Waals surface area contributed by atoms with Crippen LogP contribution < -0.4 is 4.90 Å². The van der Waals surface area contributed by atoms with Gasteiger partial charge in [-0.2, -0.15) is 0 Å². The number of anilines is 1. The zero-order valence-electron chi connectivity index (χ0n) is 15.7. The second-order valence-electron chi connectivity index (χ2n) is 7.12. The third-order valence-electron chi connectivity index (χ3n) is 4.82. The van der Waals surface area contributed by atoms with Gasteiger partial charge in [-0.05, 0) is 24.1 Å². The number of halogens is 2. The Balaban J connectivity index is 1.62. The fourth-order valence-corrected chi connectivity index (χ4v) is 4.28. The van der Waals surface area contributed by atoms with E-state index in [1.54, 1.807) is 17.4 Å². The minimum atomic E-state index is -0.822. The summed E-state index contributed by atoms with van der Waals surface area (Å²) in [5.74, 6) is -1.64. The van der Waals surface area contributed by atoms with E-state index in [0.717, 1.165) is 36.9 Å². The molecule has 1 fully saturated rings. The molecule has 0 amide bonds. The van der Waals surface area contributed by atoms with E-state index in [4.69, 9.17) is 0 Å². The van der Waals surface area contributed by atoms with Crippen molar-refractivity contribution in [1.82, 2.24) is 14.8 Å². The normalized spacial score (nSPS) is 18.8. The summed E-state index contributed by atoms with van der Waals surface area (Å²) in [7, 11) is 3.97. The molecule has 2 heterocycles. The standard InChI is InChI=1S/C19H26F2N4OS/c1-23(2)19-22-10-16(27-19)13-24-6-7-25(15(12-24)5-8-26)11-14-3-4-17(20)18(21)9-14/h3-4,9-10,15,26H,5-8,11-13H2,1-2H3/t15-/m0/s1. The summed E-state index contributed by atoms with van der Waals surface area (Å²) in [6, 6.07) is 4.24. The van der Waals surface area contributed by atoms with Crippen molar-refractivity contribution in [3.63, 3.8) is 0 Å². The van der Waals surface area contributed by atoms with Gasteiger partial charge in [0.1, 0.15) is 0 Å². The molecule has 0 aliphatic carbocycles. The number of aliphatic hydroxyl groups is 1. The summed E-state index contributed by atoms with van der Waals surface area (Å²) in [5, 5.41) is 10.4. The Kier molecular flexibility index (Phi) is 6.75. The van der Waals surface area contributed by atoms with Gasteiger partial charge in [0, 0.05) is 70.5 Å². The summed E-state index contributed by atoms with van der Waals surface area (Å²) in [4.78, 5) is 12.3. The molecule has 3 rings (SSSR count). The molecule has 1 aromatic carbocycles. The summed E-state index contributed by atoms with van der Waals surface area (Å²) in [6.07, 6.45) is 2.58. The van der Waals surface area contributed by atoms with Gasteiger partial charge in [0.25, 0.3) is 0 Å². The second-order valence-corrected chi connectivity index (χ2v) is 8.22. The predicted molar refractivity (Wildman–Crippen MR) is 104 cm³/mol. The SMILES string of the molecule is CN(C)c1ncc(CN2CCN(Cc3ccc(F)c(F)c3)[C@@H](CCO)C2)s1. The van der Waals surface area contributed by atoms with E-state index in [2.05, 4.69) is 14.8 Å². The van der Waals surface area contributed by atoms with Crippen LogP contribution in [-0.2, 0) is 13.1 Å². The number of hydrogen-bond donors (Lipinski definition) is 1. The molecular formula is C19H26F2N4OS. The molecule has 0 unspecified atom stereocenters. The van der Waals surface area contributed by atoms with Gasteiger partial charge in [0.2, 0.25) is 0 Å². The topological polar surface area (TPSA) is 42.8 Å². The molecule has 27 heavy (non-hydrogen) atoms. The van der Waals surface area contributed by atoms with Gasteiger partial charge < -0.3 is 10.0 Å². The Morgan fingerprint density at radius 2 is 2.04 bits per heavy atom. The van der Waals surface area contributed by atoms with Gasteiger partial charge in [-0.1, -0.05) is 6.07 Å². The zero-order valence-corrected chi connectivity index (χ0v) is 16.6. The van der Waals surface area contributed by atoms with Crippen LogP contribution in [-0.4, -0.2) is 66.3 Å². The van der Waals surface area contributed by atoms with Crippen LogP contribution in [0.5, 0.6) is 0 Å². The maximum atomic E-state index is 13.5. The highest BCUT2D eigenvalue weighted by atomic mass is 32.1. The minimum Gasteiger partial charge on any atom is -0.396 e. The second kappa shape index (κ2) is 9.05. The summed E-state index contributed by atoms with van der Waals surface area (Å²) < 4.78 is 26.6. The number of aliphatic hydroxyl groups excluding tert-OH is 1. The van der Waals surface area contributed by atoms with Crippen molar-refractivity contribution in [1.29, 1.82) is 0 Å². The van der Waals surface area contributed by atoms with Crippen LogP contribution >= 0.6 is 11.3 Å². The van der Waals surface area contributed by atoms with E-state index in [1.165, 1.54) is 17.0 Å². The van der Waals surface area contributed by atoms with E-state index < -0.39 is 11.6 Å². The lowest BCUT2D eigenvalue weighted by molar-refractivity contribution is 0.0503. The van der Waals surface area contributed by atoms with Gasteiger partial charge >= 0.3 is 0 Å². The van der Waals surface area contributed by atoms with Crippen molar-refractivity contribution < 1.29 is 13.9 Å². The zero-order chi connectivity index (χ0) is 19.4. The Hall–Kier alpha value is -1.61. The number of benzene rings is 1. The molecule has 1 aliphatic rings. The van der Waals surface area contributed by atoms with E-state index in [-0.39, 0.29) is 12.6 Å². The number of thiazole rings is 1. The maximum absolute atomic E-state index is 13.5. The predicted octanol–water partition coefficient (Wildman–Crippen LogP) is 2.56. The van der Waals surface area contributed by atoms with E-state index >= 15 is 0 Å². The highest BCUT2D eigenvalue weighted by Crippen LogP contribution is 2.24. The van der Waals surface area contributed by atoms with Crippen molar-refractivity contribution >= 4 is 16.5 Å². The summed E-state index contributed by atoms with van der Waals surface area (Å²) in [5.41, 5.74) is 0.753. The number of piperazine rings is 1. The average molecular weight is 397 g/mol. The third-order valence-corrected chi connectivity index (χ3v) is 5.97. The van der Waals surface area contributed by atoms with Crippen LogP contribution in [0.25, 0.3) is 0 Å². The summed E-state index contributed by atoms with van der Waals surface area (Å²) >= 11 is 1.69. The van der Waals surface area contributed by atoms with E-state index in [1.807, 2.05) is 25.2 Å². The lowest BCUT2D eigenvalue weighted by Crippen LogP contribution is -2.52. The quantitative estimate of drug-likeness (QED) is 0.779. The molecule has 1 aromatic heterocycles. The van der Waals surface area contributed by atoms with Crippen molar-refractivity contribution in [3.8, 4) is 0 Å². The molecule has 2 aromatic rings. The van der Waals surface area contributed by atoms with E-state index in [9.17, 15) is 13.9 Å². The van der Waals surface area contributed by atoms with Crippen LogP contribution in [0.2, 0.25) is 0 Å². The maximum Gasteiger partial charge on any atom is 0.185 e. The van der Waals surface area contributed by atoms with Crippen LogP contribution in [0.1, 0.15) is 16.9 Å². The van der Waals surface area contributed by atoms with Crippen molar-refractivity contribution in [2.45, 2.75) is 25.6 Å². The molecule has 0 bridgehead atoms. The first-order valence-corrected chi connectivity index (χ1v) is 9.91. The van der Waals surface area contributed by atoms with Crippen LogP contribution in [0.15, 0.2) is 24.4 Å². The number of rotatable bonds is 7. The molecule has 1 saturated heterocycles. The van der Waals surface area contributed by atoms with Crippen LogP contribution in [0, 0.1) is 11.6 Å². The third kappa shape index (κ3) is 5.22. The molecule has 148 valence electrons. The van der Waals surface area contributed by atoms with Gasteiger partial charge in [-0.15, -0.1) is 11.3 Å². The smallest absolute Gasteiger partial charge is 0.185 e. The first-order valence-electron chi connectivity index (χ1n) is 9.09. The molecule has 5 nitrogen and oxygen atoms in total. The molecule has 1 N–H and O–H groups in total. The number of nitrogens with zero attached hydrogens (tertiary/aromatic N) is 4. The van der Waals surface area contributed by atoms with Gasteiger partial charge in [-0.3, -0.25) is 9.80 Å². The molecule has 8 heteroatoms. The van der Waals surface area contributed by atoms with Gasteiger partial charge in [-0.25, -0.2) is 13.8 Å². The lowest BCUT2D eigenvalue weighted by Gasteiger charge is -2.41. The molecule has 0 saturated carbocycles. The van der Waals surface area contributed by atoms with Crippen molar-refractivity contribution in [2.24, 2.45) is 0 Å². The Labute approximate surface area is 162 Å². The molecule has 1 atom stereocenters. The van der Waals surface area contributed by atoms with Gasteiger partial charge in [0.05, 0.1) is 0 Å². The number of hydrogen-bond acceptors (Lipinski definition) is 6. The highest BCUT2D eigenvalue weighted by molar-refractivity contribution is 7.15. The lowest BCUT2D eigenvalue weighted by atomic mass is 10.1. The van der Waals surface area contributed by atoms with E-state index in [0.29, 0.717) is 13.0 Å². The molecule has 0 spiro atoms. The Morgan fingerprint density at radius 3 is 2.70 bits per heavy atom. The Bertz CT molecular complexity index is 755. The fourth-order valence-electron chi connectivity index (χ4n) is 3.40. The first-order chi connectivity index (χ1) is 13.0.